The number of nitriles is 1. The van der Waals surface area contributed by atoms with E-state index in [0.29, 0.717) is 39.0 Å². The second-order valence-electron chi connectivity index (χ2n) is 9.32. The van der Waals surface area contributed by atoms with Crippen LogP contribution in [0, 0.1) is 29.9 Å². The fraction of sp³-hybridized carbons (Fsp3) is 0.100. The number of primary amides is 1. The highest BCUT2D eigenvalue weighted by atomic mass is 19.1. The molecule has 1 amide bonds. The molecule has 41 heavy (non-hydrogen) atoms. The lowest BCUT2D eigenvalue weighted by Crippen LogP contribution is -2.11. The molecule has 3 aromatic heterocycles. The van der Waals surface area contributed by atoms with Gasteiger partial charge in [0.2, 0.25) is 5.91 Å². The maximum atomic E-state index is 15.7. The number of fused-ring (bicyclic) bond motifs is 1. The van der Waals surface area contributed by atoms with E-state index < -0.39 is 17.5 Å². The van der Waals surface area contributed by atoms with Gasteiger partial charge in [-0.3, -0.25) is 4.79 Å². The molecule has 5 rings (SSSR count). The molecule has 4 N–H and O–H groups in total. The number of hydrogen-bond acceptors (Lipinski definition) is 7. The number of pyridine rings is 1. The third kappa shape index (κ3) is 4.94. The van der Waals surface area contributed by atoms with Crippen LogP contribution in [-0.2, 0) is 11.8 Å². The first-order valence-corrected chi connectivity index (χ1v) is 12.3. The van der Waals surface area contributed by atoms with Crippen LogP contribution in [0.1, 0.15) is 23.7 Å². The van der Waals surface area contributed by atoms with Gasteiger partial charge >= 0.3 is 6.01 Å². The van der Waals surface area contributed by atoms with Gasteiger partial charge in [-0.15, -0.1) is 0 Å². The van der Waals surface area contributed by atoms with Gasteiger partial charge in [0.15, 0.2) is 5.82 Å². The summed E-state index contributed by atoms with van der Waals surface area (Å²) in [6.45, 7) is 3.05. The van der Waals surface area contributed by atoms with Gasteiger partial charge in [-0.2, -0.15) is 10.2 Å². The van der Waals surface area contributed by atoms with Gasteiger partial charge in [0.1, 0.15) is 23.5 Å². The average Bonchev–Trinajstić information content (AvgIpc) is 3.25. The zero-order valence-electron chi connectivity index (χ0n) is 22.2. The summed E-state index contributed by atoms with van der Waals surface area (Å²) in [5.41, 5.74) is 15.2. The molecule has 0 aliphatic carbocycles. The number of amides is 1. The molecule has 11 heteroatoms. The molecule has 0 spiro atoms. The number of halogens is 2. The number of nitrogens with two attached hydrogens (primary N) is 2. The molecule has 9 nitrogen and oxygen atoms in total. The van der Waals surface area contributed by atoms with E-state index in [0.717, 1.165) is 6.20 Å². The van der Waals surface area contributed by atoms with Crippen molar-refractivity contribution in [1.29, 1.82) is 5.26 Å². The Labute approximate surface area is 233 Å². The van der Waals surface area contributed by atoms with E-state index in [1.165, 1.54) is 25.3 Å². The number of aromatic nitrogens is 4. The van der Waals surface area contributed by atoms with Crippen molar-refractivity contribution < 1.29 is 18.3 Å². The Morgan fingerprint density at radius 2 is 1.83 bits per heavy atom. The molecule has 0 bridgehead atoms. The number of nitrogen functional groups attached to an aromatic ring is 1. The molecule has 5 aromatic rings. The first kappa shape index (κ1) is 27.0. The number of anilines is 1. The molecule has 204 valence electrons. The number of hydrogen-bond donors (Lipinski definition) is 2. The van der Waals surface area contributed by atoms with Crippen molar-refractivity contribution in [3.8, 4) is 40.2 Å². The van der Waals surface area contributed by atoms with Gasteiger partial charge < -0.3 is 20.8 Å². The summed E-state index contributed by atoms with van der Waals surface area (Å²) < 4.78 is 36.6. The van der Waals surface area contributed by atoms with Gasteiger partial charge in [-0.25, -0.2) is 18.7 Å². The highest BCUT2D eigenvalue weighted by Crippen LogP contribution is 2.44. The molecule has 3 heterocycles. The third-order valence-electron chi connectivity index (χ3n) is 6.63. The van der Waals surface area contributed by atoms with Crippen LogP contribution in [0.15, 0.2) is 60.4 Å². The molecule has 0 saturated carbocycles. The van der Waals surface area contributed by atoms with Crippen molar-refractivity contribution in [2.24, 2.45) is 12.8 Å². The SMILES string of the molecule is CC(=Cc1ccc(-c2c(-c3ccc(Oc4ncc(F)c(C)n4)cc3)c3c(N)ncc(C#N)c3n2C)c(F)c1)C(N)=O. The number of nitrogens with zero attached hydrogens (tertiary/aromatic N) is 5. The molecular weight excluding hydrogens is 528 g/mol. The summed E-state index contributed by atoms with van der Waals surface area (Å²) in [7, 11) is 1.72. The van der Waals surface area contributed by atoms with Crippen LogP contribution in [0.5, 0.6) is 11.8 Å². The lowest BCUT2D eigenvalue weighted by atomic mass is 9.97. The number of carbonyl (C=O) groups excluding carboxylic acids is 1. The quantitative estimate of drug-likeness (QED) is 0.268. The predicted octanol–water partition coefficient (Wildman–Crippen LogP) is 5.42. The molecule has 0 saturated heterocycles. The molecule has 0 radical (unpaired) electrons. The van der Waals surface area contributed by atoms with Crippen LogP contribution >= 0.6 is 0 Å². The molecule has 2 aromatic carbocycles. The van der Waals surface area contributed by atoms with E-state index in [4.69, 9.17) is 16.2 Å². The second kappa shape index (κ2) is 10.5. The van der Waals surface area contributed by atoms with E-state index >= 15 is 4.39 Å². The van der Waals surface area contributed by atoms with E-state index in [2.05, 4.69) is 21.0 Å². The van der Waals surface area contributed by atoms with Crippen LogP contribution in [-0.4, -0.2) is 25.4 Å². The summed E-state index contributed by atoms with van der Waals surface area (Å²) in [4.78, 5) is 23.5. The van der Waals surface area contributed by atoms with Gasteiger partial charge in [-0.1, -0.05) is 18.2 Å². The van der Waals surface area contributed by atoms with Crippen molar-refractivity contribution in [3.63, 3.8) is 0 Å². The Bertz CT molecular complexity index is 1920. The van der Waals surface area contributed by atoms with Crippen molar-refractivity contribution in [2.45, 2.75) is 13.8 Å². The summed E-state index contributed by atoms with van der Waals surface area (Å²) in [5.74, 6) is -1.15. The normalized spacial score (nSPS) is 11.5. The van der Waals surface area contributed by atoms with E-state index in [9.17, 15) is 14.4 Å². The van der Waals surface area contributed by atoms with Gasteiger partial charge in [-0.05, 0) is 55.3 Å². The monoisotopic (exact) mass is 551 g/mol. The predicted molar refractivity (Wildman–Crippen MR) is 150 cm³/mol. The first-order valence-electron chi connectivity index (χ1n) is 12.3. The van der Waals surface area contributed by atoms with Crippen molar-refractivity contribution in [2.75, 3.05) is 5.73 Å². The molecular formula is C30H23F2N7O2. The maximum absolute atomic E-state index is 15.7. The zero-order valence-corrected chi connectivity index (χ0v) is 22.2. The van der Waals surface area contributed by atoms with Gasteiger partial charge in [0.05, 0.1) is 34.1 Å². The molecule has 0 unspecified atom stereocenters. The Balaban J connectivity index is 1.68. The molecule has 0 atom stereocenters. The molecule has 0 aliphatic rings. The zero-order chi connectivity index (χ0) is 29.4. The van der Waals surface area contributed by atoms with Crippen LogP contribution in [0.2, 0.25) is 0 Å². The lowest BCUT2D eigenvalue weighted by Gasteiger charge is -2.12. The van der Waals surface area contributed by atoms with Crippen LogP contribution in [0.25, 0.3) is 39.4 Å². The minimum atomic E-state index is -0.606. The smallest absolute Gasteiger partial charge is 0.322 e. The summed E-state index contributed by atoms with van der Waals surface area (Å²) in [6.07, 6.45) is 3.91. The topological polar surface area (TPSA) is 146 Å². The summed E-state index contributed by atoms with van der Waals surface area (Å²) in [6, 6.07) is 13.5. The highest BCUT2D eigenvalue weighted by molar-refractivity contribution is 6.10. The molecule has 0 aliphatic heterocycles. The number of aryl methyl sites for hydroxylation is 2. The average molecular weight is 552 g/mol. The Hall–Kier alpha value is -5.63. The first-order chi connectivity index (χ1) is 19.6. The highest BCUT2D eigenvalue weighted by Gasteiger charge is 2.25. The Morgan fingerprint density at radius 1 is 1.10 bits per heavy atom. The summed E-state index contributed by atoms with van der Waals surface area (Å²) in [5, 5.41) is 10.3. The van der Waals surface area contributed by atoms with E-state index in [1.54, 1.807) is 54.9 Å². The Kier molecular flexibility index (Phi) is 6.90. The van der Waals surface area contributed by atoms with Crippen LogP contribution in [0.4, 0.5) is 14.6 Å². The lowest BCUT2D eigenvalue weighted by molar-refractivity contribution is -0.114. The number of rotatable bonds is 6. The number of ether oxygens (including phenoxy) is 1. The third-order valence-corrected chi connectivity index (χ3v) is 6.63. The minimum absolute atomic E-state index is 0.0163. The van der Waals surface area contributed by atoms with E-state index in [-0.39, 0.29) is 34.2 Å². The van der Waals surface area contributed by atoms with Crippen molar-refractivity contribution in [3.05, 3.63) is 88.9 Å². The van der Waals surface area contributed by atoms with Crippen molar-refractivity contribution in [1.82, 2.24) is 19.5 Å². The van der Waals surface area contributed by atoms with Crippen molar-refractivity contribution >= 4 is 28.7 Å². The number of carbonyl (C=O) groups is 1. The Morgan fingerprint density at radius 3 is 2.46 bits per heavy atom. The number of benzene rings is 2. The van der Waals surface area contributed by atoms with Crippen LogP contribution in [0.3, 0.4) is 0 Å². The summed E-state index contributed by atoms with van der Waals surface area (Å²) >= 11 is 0. The fourth-order valence-electron chi connectivity index (χ4n) is 4.60. The van der Waals surface area contributed by atoms with Gasteiger partial charge in [0.25, 0.3) is 0 Å². The van der Waals surface area contributed by atoms with Crippen LogP contribution < -0.4 is 16.2 Å². The standard InChI is InChI=1S/C30H23F2N7O2/c1-15(29(35)40)10-17-4-9-21(22(31)11-17)27-24(25-26(39(27)3)19(12-33)13-36-28(25)34)18-5-7-20(8-6-18)41-30-37-14-23(32)16(2)38-30/h4-11,13-14H,1-3H3,(H2,34,36)(H2,35,40). The van der Waals surface area contributed by atoms with E-state index in [1.807, 2.05) is 0 Å². The maximum Gasteiger partial charge on any atom is 0.322 e. The second-order valence-corrected chi connectivity index (χ2v) is 9.32. The minimum Gasteiger partial charge on any atom is -0.424 e. The molecule has 0 fully saturated rings. The fourth-order valence-corrected chi connectivity index (χ4v) is 4.60. The van der Waals surface area contributed by atoms with Gasteiger partial charge in [0, 0.05) is 29.9 Å². The largest absolute Gasteiger partial charge is 0.424 e.